The fourth-order valence-corrected chi connectivity index (χ4v) is 3.55. The van der Waals surface area contributed by atoms with Crippen molar-refractivity contribution in [1.82, 2.24) is 4.98 Å². The van der Waals surface area contributed by atoms with E-state index in [9.17, 15) is 9.59 Å². The molecule has 3 rings (SSSR count). The van der Waals surface area contributed by atoms with Crippen LogP contribution < -0.4 is 5.56 Å². The van der Waals surface area contributed by atoms with E-state index in [-0.39, 0.29) is 16.9 Å². The number of fused-ring (bicyclic) bond motifs is 1. The summed E-state index contributed by atoms with van der Waals surface area (Å²) in [5.74, 6) is -0.268. The molecule has 0 unspecified atom stereocenters. The van der Waals surface area contributed by atoms with Crippen LogP contribution in [0.5, 0.6) is 0 Å². The highest BCUT2D eigenvalue weighted by molar-refractivity contribution is 7.18. The summed E-state index contributed by atoms with van der Waals surface area (Å²) in [6.07, 6.45) is 3.21. The van der Waals surface area contributed by atoms with Crippen molar-refractivity contribution in [3.63, 3.8) is 0 Å². The number of carbonyl (C=O) groups excluding carboxylic acids is 1. The fourth-order valence-electron chi connectivity index (χ4n) is 2.59. The fraction of sp³-hybridized carbons (Fsp3) is 0.158. The van der Waals surface area contributed by atoms with Crippen LogP contribution in [0.3, 0.4) is 0 Å². The van der Waals surface area contributed by atoms with Crippen LogP contribution >= 0.6 is 11.3 Å². The first-order valence-electron chi connectivity index (χ1n) is 7.38. The van der Waals surface area contributed by atoms with Crippen LogP contribution in [0.15, 0.2) is 41.2 Å². The van der Waals surface area contributed by atoms with E-state index >= 15 is 0 Å². The van der Waals surface area contributed by atoms with E-state index in [1.54, 1.807) is 6.08 Å². The Balaban J connectivity index is 2.00. The summed E-state index contributed by atoms with van der Waals surface area (Å²) in [6, 6.07) is 9.87. The molecule has 0 saturated heterocycles. The van der Waals surface area contributed by atoms with Crippen LogP contribution in [0.1, 0.15) is 31.9 Å². The summed E-state index contributed by atoms with van der Waals surface area (Å²) in [4.78, 5) is 29.5. The lowest BCUT2D eigenvalue weighted by Gasteiger charge is -2.02. The van der Waals surface area contributed by atoms with E-state index in [1.807, 2.05) is 51.1 Å². The Kier molecular flexibility index (Phi) is 4.01. The zero-order valence-electron chi connectivity index (χ0n) is 13.3. The van der Waals surface area contributed by atoms with Crippen molar-refractivity contribution in [2.75, 3.05) is 0 Å². The molecule has 0 atom stereocenters. The molecule has 1 N–H and O–H groups in total. The first kappa shape index (κ1) is 15.4. The number of aromatic amines is 1. The third-order valence-corrected chi connectivity index (χ3v) is 4.81. The number of allylic oxidation sites excluding steroid dienone is 1. The Morgan fingerprint density at radius 3 is 2.52 bits per heavy atom. The third kappa shape index (κ3) is 3.03. The molecule has 4 heteroatoms. The summed E-state index contributed by atoms with van der Waals surface area (Å²) in [5, 5.41) is 0.944. The van der Waals surface area contributed by atoms with Crippen molar-refractivity contribution < 1.29 is 4.79 Å². The molecule has 2 heterocycles. The van der Waals surface area contributed by atoms with E-state index < -0.39 is 0 Å². The number of hydrogen-bond acceptors (Lipinski definition) is 3. The molecule has 0 spiro atoms. The summed E-state index contributed by atoms with van der Waals surface area (Å²) in [6.45, 7) is 5.83. The van der Waals surface area contributed by atoms with Gasteiger partial charge in [0.25, 0.3) is 5.56 Å². The van der Waals surface area contributed by atoms with Gasteiger partial charge in [-0.1, -0.05) is 35.9 Å². The molecule has 0 radical (unpaired) electrons. The number of aryl methyl sites for hydroxylation is 3. The lowest BCUT2D eigenvalue weighted by atomic mass is 10.0. The number of H-pyrrole nitrogens is 1. The van der Waals surface area contributed by atoms with Gasteiger partial charge >= 0.3 is 0 Å². The molecule has 116 valence electrons. The molecule has 0 aliphatic carbocycles. The lowest BCUT2D eigenvalue weighted by Crippen LogP contribution is -2.18. The van der Waals surface area contributed by atoms with Crippen LogP contribution in [-0.2, 0) is 0 Å². The van der Waals surface area contributed by atoms with Gasteiger partial charge in [0.1, 0.15) is 4.83 Å². The average Bonchev–Trinajstić information content (AvgIpc) is 2.87. The molecule has 2 aromatic heterocycles. The second-order valence-electron chi connectivity index (χ2n) is 5.66. The predicted molar refractivity (Wildman–Crippen MR) is 96.5 cm³/mol. The number of carbonyl (C=O) groups is 1. The van der Waals surface area contributed by atoms with E-state index in [2.05, 4.69) is 4.98 Å². The van der Waals surface area contributed by atoms with E-state index in [4.69, 9.17) is 0 Å². The number of pyridine rings is 1. The first-order chi connectivity index (χ1) is 11.0. The minimum absolute atomic E-state index is 0.221. The molecule has 0 aliphatic rings. The van der Waals surface area contributed by atoms with Gasteiger partial charge in [-0.25, -0.2) is 0 Å². The molecule has 0 bridgehead atoms. The molecule has 3 nitrogen and oxygen atoms in total. The van der Waals surface area contributed by atoms with Crippen molar-refractivity contribution >= 4 is 33.4 Å². The number of hydrogen-bond donors (Lipinski definition) is 1. The van der Waals surface area contributed by atoms with Crippen molar-refractivity contribution in [2.45, 2.75) is 20.8 Å². The highest BCUT2D eigenvalue weighted by Gasteiger charge is 2.15. The molecular formula is C19H17NO2S. The van der Waals surface area contributed by atoms with Crippen LogP contribution in [0.2, 0.25) is 0 Å². The monoisotopic (exact) mass is 323 g/mol. The molecular weight excluding hydrogens is 306 g/mol. The largest absolute Gasteiger partial charge is 0.313 e. The smallest absolute Gasteiger partial charge is 0.260 e. The number of thiophene rings is 1. The summed E-state index contributed by atoms with van der Waals surface area (Å²) in [5.41, 5.74) is 2.74. The highest BCUT2D eigenvalue weighted by Crippen LogP contribution is 2.26. The first-order valence-corrected chi connectivity index (χ1v) is 8.19. The van der Waals surface area contributed by atoms with Crippen LogP contribution in [-0.4, -0.2) is 10.8 Å². The van der Waals surface area contributed by atoms with Crippen LogP contribution in [0, 0.1) is 20.8 Å². The molecule has 3 aromatic rings. The zero-order valence-corrected chi connectivity index (χ0v) is 14.1. The van der Waals surface area contributed by atoms with Gasteiger partial charge in [-0.15, -0.1) is 11.3 Å². The average molecular weight is 323 g/mol. The maximum absolute atomic E-state index is 12.5. The van der Waals surface area contributed by atoms with Gasteiger partial charge in [-0.3, -0.25) is 9.59 Å². The Hall–Kier alpha value is -2.46. The van der Waals surface area contributed by atoms with Crippen LogP contribution in [0.25, 0.3) is 16.3 Å². The molecule has 1 aromatic carbocycles. The van der Waals surface area contributed by atoms with Crippen molar-refractivity contribution in [3.05, 3.63) is 73.9 Å². The summed E-state index contributed by atoms with van der Waals surface area (Å²) < 4.78 is 0. The van der Waals surface area contributed by atoms with Crippen LogP contribution in [0.4, 0.5) is 0 Å². The minimum Gasteiger partial charge on any atom is -0.313 e. The molecule has 0 saturated carbocycles. The van der Waals surface area contributed by atoms with Gasteiger partial charge in [0.2, 0.25) is 0 Å². The van der Waals surface area contributed by atoms with Gasteiger partial charge in [-0.2, -0.15) is 0 Å². The zero-order chi connectivity index (χ0) is 16.6. The SMILES string of the molecule is Cc1ccc(C=CC(=O)c2c(C)c3cc(C)sc3[nH]c2=O)cc1. The van der Waals surface area contributed by atoms with Crippen molar-refractivity contribution in [3.8, 4) is 0 Å². The minimum atomic E-state index is -0.324. The molecule has 0 aliphatic heterocycles. The number of ketones is 1. The van der Waals surface area contributed by atoms with Crippen molar-refractivity contribution in [1.29, 1.82) is 0 Å². The summed E-state index contributed by atoms with van der Waals surface area (Å²) in [7, 11) is 0. The Morgan fingerprint density at radius 1 is 1.13 bits per heavy atom. The van der Waals surface area contributed by atoms with E-state index in [1.165, 1.54) is 23.0 Å². The Bertz CT molecular complexity index is 975. The summed E-state index contributed by atoms with van der Waals surface area (Å²) >= 11 is 1.53. The van der Waals surface area contributed by atoms with Gasteiger partial charge < -0.3 is 4.98 Å². The molecule has 0 amide bonds. The van der Waals surface area contributed by atoms with Crippen molar-refractivity contribution in [2.24, 2.45) is 0 Å². The predicted octanol–water partition coefficient (Wildman–Crippen LogP) is 4.41. The van der Waals surface area contributed by atoms with E-state index in [0.717, 1.165) is 26.2 Å². The van der Waals surface area contributed by atoms with Gasteiger partial charge in [-0.05, 0) is 44.0 Å². The number of nitrogens with one attached hydrogen (secondary N) is 1. The topological polar surface area (TPSA) is 49.9 Å². The highest BCUT2D eigenvalue weighted by atomic mass is 32.1. The number of aromatic nitrogens is 1. The maximum Gasteiger partial charge on any atom is 0.260 e. The van der Waals surface area contributed by atoms with E-state index in [0.29, 0.717) is 0 Å². The number of rotatable bonds is 3. The van der Waals surface area contributed by atoms with Gasteiger partial charge in [0.15, 0.2) is 5.78 Å². The van der Waals surface area contributed by atoms with Gasteiger partial charge in [0, 0.05) is 10.3 Å². The quantitative estimate of drug-likeness (QED) is 0.573. The molecule has 0 fully saturated rings. The second-order valence-corrected chi connectivity index (χ2v) is 6.92. The standard InChI is InChI=1S/C19H17NO2S/c1-11-4-6-14(7-5-11)8-9-16(21)17-13(3)15-10-12(2)23-19(15)20-18(17)22/h4-10H,1-3H3,(H,20,22). The normalized spacial score (nSPS) is 11.4. The Morgan fingerprint density at radius 2 is 1.83 bits per heavy atom. The molecule has 23 heavy (non-hydrogen) atoms. The van der Waals surface area contributed by atoms with Gasteiger partial charge in [0.05, 0.1) is 5.56 Å². The Labute approximate surface area is 138 Å². The lowest BCUT2D eigenvalue weighted by molar-refractivity contribution is 0.104. The third-order valence-electron chi connectivity index (χ3n) is 3.84. The second kappa shape index (κ2) is 5.97. The number of benzene rings is 1. The maximum atomic E-state index is 12.5.